The summed E-state index contributed by atoms with van der Waals surface area (Å²) in [6, 6.07) is 8.37. The summed E-state index contributed by atoms with van der Waals surface area (Å²) in [7, 11) is 1.57. The fourth-order valence-corrected chi connectivity index (χ4v) is 2.83. The van der Waals surface area contributed by atoms with E-state index in [0.29, 0.717) is 18.4 Å². The number of aliphatic imine (C=N–C) groups is 1. The van der Waals surface area contributed by atoms with Crippen LogP contribution in [0.2, 0.25) is 0 Å². The van der Waals surface area contributed by atoms with Crippen molar-refractivity contribution in [1.29, 1.82) is 0 Å². The largest absolute Gasteiger partial charge is 0.390 e. The number of alkyl halides is 3. The van der Waals surface area contributed by atoms with Crippen molar-refractivity contribution in [1.82, 2.24) is 10.6 Å². The molecular weight excluding hydrogens is 418 g/mol. The maximum atomic E-state index is 12.2. The minimum atomic E-state index is -4.14. The van der Waals surface area contributed by atoms with Gasteiger partial charge in [0.2, 0.25) is 0 Å². The highest BCUT2D eigenvalue weighted by atomic mass is 127. The molecule has 1 aliphatic carbocycles. The lowest BCUT2D eigenvalue weighted by Crippen LogP contribution is -2.41. The van der Waals surface area contributed by atoms with Gasteiger partial charge in [-0.1, -0.05) is 24.3 Å². The van der Waals surface area contributed by atoms with E-state index in [1.54, 1.807) is 7.05 Å². The molecule has 0 saturated heterocycles. The van der Waals surface area contributed by atoms with E-state index < -0.39 is 12.6 Å². The van der Waals surface area contributed by atoms with Crippen LogP contribution in [0.4, 0.5) is 13.2 Å². The molecule has 1 aromatic carbocycles. The average molecular weight is 441 g/mol. The molecule has 3 nitrogen and oxygen atoms in total. The second-order valence-corrected chi connectivity index (χ2v) is 5.53. The Labute approximate surface area is 152 Å². The first-order chi connectivity index (χ1) is 10.5. The van der Waals surface area contributed by atoms with Gasteiger partial charge < -0.3 is 10.6 Å². The smallest absolute Gasteiger partial charge is 0.356 e. The molecule has 7 heteroatoms. The number of benzene rings is 1. The maximum absolute atomic E-state index is 12.2. The van der Waals surface area contributed by atoms with Crippen LogP contribution in [-0.4, -0.2) is 32.3 Å². The van der Waals surface area contributed by atoms with Crippen LogP contribution in [0.25, 0.3) is 0 Å². The van der Waals surface area contributed by atoms with Crippen molar-refractivity contribution in [3.63, 3.8) is 0 Å². The SMILES string of the molecule is CN=C(NCCC(F)(F)F)NCC1CCCc2ccccc21.I. The fraction of sp³-hybridized carbons (Fsp3) is 0.562. The molecule has 0 fully saturated rings. The van der Waals surface area contributed by atoms with E-state index >= 15 is 0 Å². The summed E-state index contributed by atoms with van der Waals surface area (Å²) in [4.78, 5) is 3.98. The molecule has 0 bridgehead atoms. The van der Waals surface area contributed by atoms with Crippen LogP contribution in [0.15, 0.2) is 29.3 Å². The molecule has 1 unspecified atom stereocenters. The first kappa shape index (κ1) is 20.1. The summed E-state index contributed by atoms with van der Waals surface area (Å²) in [6.07, 6.45) is -1.67. The molecule has 1 atom stereocenters. The van der Waals surface area contributed by atoms with Gasteiger partial charge in [0.05, 0.1) is 6.42 Å². The van der Waals surface area contributed by atoms with Crippen molar-refractivity contribution in [3.8, 4) is 0 Å². The molecule has 23 heavy (non-hydrogen) atoms. The first-order valence-corrected chi connectivity index (χ1v) is 7.58. The van der Waals surface area contributed by atoms with Crippen molar-refractivity contribution < 1.29 is 13.2 Å². The number of hydrogen-bond acceptors (Lipinski definition) is 1. The molecule has 2 N–H and O–H groups in total. The molecule has 0 heterocycles. The molecular formula is C16H23F3IN3. The van der Waals surface area contributed by atoms with E-state index in [0.717, 1.165) is 19.3 Å². The summed E-state index contributed by atoms with van der Waals surface area (Å²) in [6.45, 7) is 0.521. The zero-order valence-electron chi connectivity index (χ0n) is 13.1. The molecule has 0 amide bonds. The summed E-state index contributed by atoms with van der Waals surface area (Å²) < 4.78 is 36.5. The normalized spacial score (nSPS) is 17.9. The van der Waals surface area contributed by atoms with Gasteiger partial charge in [-0.3, -0.25) is 4.99 Å². The Morgan fingerprint density at radius 2 is 2.00 bits per heavy atom. The Hall–Kier alpha value is -0.990. The fourth-order valence-electron chi connectivity index (χ4n) is 2.83. The van der Waals surface area contributed by atoms with Crippen LogP contribution in [0.3, 0.4) is 0 Å². The van der Waals surface area contributed by atoms with Gasteiger partial charge in [-0.15, -0.1) is 24.0 Å². The van der Waals surface area contributed by atoms with Crippen LogP contribution in [0.5, 0.6) is 0 Å². The molecule has 130 valence electrons. The second kappa shape index (κ2) is 9.34. The van der Waals surface area contributed by atoms with Crippen molar-refractivity contribution in [3.05, 3.63) is 35.4 Å². The quantitative estimate of drug-likeness (QED) is 0.423. The molecule has 1 aromatic rings. The van der Waals surface area contributed by atoms with Gasteiger partial charge in [0.25, 0.3) is 0 Å². The highest BCUT2D eigenvalue weighted by Crippen LogP contribution is 2.30. The average Bonchev–Trinajstić information content (AvgIpc) is 2.49. The summed E-state index contributed by atoms with van der Waals surface area (Å²) in [5.74, 6) is 0.804. The predicted octanol–water partition coefficient (Wildman–Crippen LogP) is 3.84. The third-order valence-electron chi connectivity index (χ3n) is 3.93. The third kappa shape index (κ3) is 6.56. The summed E-state index contributed by atoms with van der Waals surface area (Å²) >= 11 is 0. The zero-order chi connectivity index (χ0) is 16.0. The Kier molecular flexibility index (Phi) is 8.15. The number of nitrogens with one attached hydrogen (secondary N) is 2. The monoisotopic (exact) mass is 441 g/mol. The van der Waals surface area contributed by atoms with E-state index in [4.69, 9.17) is 0 Å². The maximum Gasteiger partial charge on any atom is 0.390 e. The van der Waals surface area contributed by atoms with E-state index in [2.05, 4.69) is 27.8 Å². The molecule has 2 rings (SSSR count). The van der Waals surface area contributed by atoms with Crippen LogP contribution in [0, 0.1) is 0 Å². The van der Waals surface area contributed by atoms with E-state index in [9.17, 15) is 13.2 Å². The van der Waals surface area contributed by atoms with Crippen LogP contribution >= 0.6 is 24.0 Å². The number of fused-ring (bicyclic) bond motifs is 1. The summed E-state index contributed by atoms with van der Waals surface area (Å²) in [5.41, 5.74) is 2.72. The second-order valence-electron chi connectivity index (χ2n) is 5.53. The molecule has 1 aliphatic rings. The topological polar surface area (TPSA) is 36.4 Å². The highest BCUT2D eigenvalue weighted by Gasteiger charge is 2.26. The van der Waals surface area contributed by atoms with Gasteiger partial charge in [0, 0.05) is 26.1 Å². The van der Waals surface area contributed by atoms with E-state index in [1.807, 2.05) is 12.1 Å². The molecule has 0 radical (unpaired) electrons. The zero-order valence-corrected chi connectivity index (χ0v) is 15.4. The number of halogens is 4. The lowest BCUT2D eigenvalue weighted by molar-refractivity contribution is -0.132. The van der Waals surface area contributed by atoms with E-state index in [-0.39, 0.29) is 30.5 Å². The van der Waals surface area contributed by atoms with E-state index in [1.165, 1.54) is 11.1 Å². The van der Waals surface area contributed by atoms with Gasteiger partial charge in [0.15, 0.2) is 5.96 Å². The highest BCUT2D eigenvalue weighted by molar-refractivity contribution is 14.0. The van der Waals surface area contributed by atoms with Gasteiger partial charge in [-0.05, 0) is 30.4 Å². The molecule has 0 aromatic heterocycles. The van der Waals surface area contributed by atoms with Gasteiger partial charge in [0.1, 0.15) is 0 Å². The van der Waals surface area contributed by atoms with Crippen LogP contribution < -0.4 is 10.6 Å². The minimum Gasteiger partial charge on any atom is -0.356 e. The number of nitrogens with zero attached hydrogens (tertiary/aromatic N) is 1. The Morgan fingerprint density at radius 1 is 1.26 bits per heavy atom. The number of aryl methyl sites for hydroxylation is 1. The molecule has 0 aliphatic heterocycles. The first-order valence-electron chi connectivity index (χ1n) is 7.58. The van der Waals surface area contributed by atoms with Crippen molar-refractivity contribution in [2.75, 3.05) is 20.1 Å². The van der Waals surface area contributed by atoms with Crippen molar-refractivity contribution in [2.45, 2.75) is 37.8 Å². The molecule has 0 spiro atoms. The number of guanidine groups is 1. The number of rotatable bonds is 4. The van der Waals surface area contributed by atoms with Gasteiger partial charge >= 0.3 is 6.18 Å². The summed E-state index contributed by atoms with van der Waals surface area (Å²) in [5, 5.41) is 5.85. The standard InChI is InChI=1S/C16H22F3N3.HI/c1-20-15(21-10-9-16(17,18)19)22-11-13-7-4-6-12-5-2-3-8-14(12)13;/h2-3,5,8,13H,4,6-7,9-11H2,1H3,(H2,20,21,22);1H. The lowest BCUT2D eigenvalue weighted by atomic mass is 9.83. The lowest BCUT2D eigenvalue weighted by Gasteiger charge is -2.26. The van der Waals surface area contributed by atoms with Gasteiger partial charge in [-0.2, -0.15) is 13.2 Å². The third-order valence-corrected chi connectivity index (χ3v) is 3.93. The Bertz CT molecular complexity index is 518. The van der Waals surface area contributed by atoms with Crippen molar-refractivity contribution >= 4 is 29.9 Å². The van der Waals surface area contributed by atoms with Crippen LogP contribution in [0.1, 0.15) is 36.3 Å². The van der Waals surface area contributed by atoms with Gasteiger partial charge in [-0.25, -0.2) is 0 Å². The predicted molar refractivity (Wildman–Crippen MR) is 97.6 cm³/mol. The van der Waals surface area contributed by atoms with Crippen LogP contribution in [-0.2, 0) is 6.42 Å². The van der Waals surface area contributed by atoms with Crippen molar-refractivity contribution in [2.24, 2.45) is 4.99 Å². The minimum absolute atomic E-state index is 0. The Morgan fingerprint density at radius 3 is 2.70 bits per heavy atom. The number of hydrogen-bond donors (Lipinski definition) is 2. The molecule has 0 saturated carbocycles. The Balaban J connectivity index is 0.00000264.